The zero-order valence-corrected chi connectivity index (χ0v) is 29.6. The fourth-order valence-electron chi connectivity index (χ4n) is 5.31. The number of hydrogen-bond acceptors (Lipinski definition) is 7. The van der Waals surface area contributed by atoms with Crippen molar-refractivity contribution in [1.29, 1.82) is 0 Å². The Balaban J connectivity index is 5.43. The second kappa shape index (κ2) is 30.6. The summed E-state index contributed by atoms with van der Waals surface area (Å²) in [6.07, 6.45) is 21.7. The molecule has 0 aromatic rings. The molecule has 0 aliphatic heterocycles. The van der Waals surface area contributed by atoms with E-state index in [1.54, 1.807) is 28.4 Å². The summed E-state index contributed by atoms with van der Waals surface area (Å²) >= 11 is 0. The molecule has 0 aliphatic carbocycles. The first kappa shape index (κ1) is 41.6. The highest BCUT2D eigenvalue weighted by atomic mass is 16.7. The molecule has 0 saturated heterocycles. The molecule has 2 unspecified atom stereocenters. The number of rotatable bonds is 32. The molecular weight excluding hydrogens is 544 g/mol. The predicted octanol–water partition coefficient (Wildman–Crippen LogP) is 10.6. The maximum atomic E-state index is 6.29. The normalized spacial score (nSPS) is 14.1. The van der Waals surface area contributed by atoms with Gasteiger partial charge in [0.25, 0.3) is 0 Å². The van der Waals surface area contributed by atoms with Crippen LogP contribution in [0.2, 0.25) is 0 Å². The molecule has 0 heterocycles. The molecule has 7 heteroatoms. The van der Waals surface area contributed by atoms with Gasteiger partial charge in [-0.2, -0.15) is 0 Å². The Hall–Kier alpha value is -1.44. The average Bonchev–Trinajstić information content (AvgIpc) is 3.02. The van der Waals surface area contributed by atoms with Crippen molar-refractivity contribution in [2.75, 3.05) is 42.0 Å². The highest BCUT2D eigenvalue weighted by molar-refractivity contribution is 5.08. The maximum absolute atomic E-state index is 6.29. The summed E-state index contributed by atoms with van der Waals surface area (Å²) < 4.78 is 41.8. The first-order valence-corrected chi connectivity index (χ1v) is 17.5. The highest BCUT2D eigenvalue weighted by Gasteiger charge is 2.23. The van der Waals surface area contributed by atoms with Gasteiger partial charge in [0.05, 0.1) is 28.4 Å². The summed E-state index contributed by atoms with van der Waals surface area (Å²) in [6.45, 7) is 9.12. The van der Waals surface area contributed by atoms with Crippen molar-refractivity contribution in [3.63, 3.8) is 0 Å². The molecule has 0 radical (unpaired) electrons. The zero-order chi connectivity index (χ0) is 32.0. The number of methoxy groups -OCH3 is 4. The van der Waals surface area contributed by atoms with E-state index in [4.69, 9.17) is 33.2 Å². The van der Waals surface area contributed by atoms with E-state index in [0.717, 1.165) is 100 Å². The lowest BCUT2D eigenvalue weighted by Gasteiger charge is -2.24. The minimum Gasteiger partial charge on any atom is -0.497 e. The third-order valence-electron chi connectivity index (χ3n) is 7.93. The van der Waals surface area contributed by atoms with Gasteiger partial charge in [0.2, 0.25) is 0 Å². The van der Waals surface area contributed by atoms with Gasteiger partial charge in [0.15, 0.2) is 25.1 Å². The van der Waals surface area contributed by atoms with Crippen LogP contribution < -0.4 is 0 Å². The largest absolute Gasteiger partial charge is 0.497 e. The summed E-state index contributed by atoms with van der Waals surface area (Å²) in [5, 5.41) is 0. The third kappa shape index (κ3) is 20.3. The van der Waals surface area contributed by atoms with E-state index < -0.39 is 0 Å². The zero-order valence-electron chi connectivity index (χ0n) is 29.6. The fraction of sp³-hybridized carbons (Fsp3) is 0.889. The van der Waals surface area contributed by atoms with Crippen molar-refractivity contribution >= 4 is 0 Å². The van der Waals surface area contributed by atoms with Crippen LogP contribution in [-0.2, 0) is 33.2 Å². The van der Waals surface area contributed by atoms with Gasteiger partial charge in [0.1, 0.15) is 23.7 Å². The first-order valence-electron chi connectivity index (χ1n) is 17.5. The first-order chi connectivity index (χ1) is 21.1. The van der Waals surface area contributed by atoms with Crippen LogP contribution in [0.3, 0.4) is 0 Å². The molecular formula is C36H70O7. The molecule has 0 bridgehead atoms. The Bertz CT molecular complexity index is 621. The lowest BCUT2D eigenvalue weighted by Crippen LogP contribution is -2.24. The smallest absolute Gasteiger partial charge is 0.162 e. The van der Waals surface area contributed by atoms with Crippen LogP contribution >= 0.6 is 0 Å². The lowest BCUT2D eigenvalue weighted by atomic mass is 10.0. The standard InChI is InChI=1S/C36H70O7/c1-9-13-17-19-23-27-33(35(39-7)31(37-5)25-21-15-11-3)42-29-41-30-43-34(28-24-20-18-14-10-2)36(40-8)32(38-6)26-22-16-12-4/h33-34H,9-30H2,1-8H3. The molecule has 0 aliphatic rings. The SMILES string of the molecule is CCCCCCCC(OCOCOC(CCCCCCC)C(OC)=C(CCCCC)OC)C(OC)=C(CCCCC)OC. The van der Waals surface area contributed by atoms with E-state index in [1.807, 2.05) is 0 Å². The van der Waals surface area contributed by atoms with Crippen molar-refractivity contribution in [2.24, 2.45) is 0 Å². The Morgan fingerprint density at radius 2 is 0.767 bits per heavy atom. The molecule has 0 saturated carbocycles. The van der Waals surface area contributed by atoms with Gasteiger partial charge < -0.3 is 33.2 Å². The van der Waals surface area contributed by atoms with Gasteiger partial charge in [-0.05, 0) is 25.7 Å². The van der Waals surface area contributed by atoms with Crippen LogP contribution in [0.1, 0.15) is 156 Å². The molecule has 0 spiro atoms. The number of ether oxygens (including phenoxy) is 7. The summed E-state index contributed by atoms with van der Waals surface area (Å²) in [5.74, 6) is 3.31. The number of hydrogen-bond donors (Lipinski definition) is 0. The van der Waals surface area contributed by atoms with Crippen molar-refractivity contribution in [2.45, 2.75) is 168 Å². The van der Waals surface area contributed by atoms with E-state index in [2.05, 4.69) is 27.7 Å². The third-order valence-corrected chi connectivity index (χ3v) is 7.93. The molecule has 0 aromatic carbocycles. The minimum atomic E-state index is -0.217. The Morgan fingerprint density at radius 1 is 0.419 bits per heavy atom. The molecule has 0 aromatic heterocycles. The van der Waals surface area contributed by atoms with E-state index in [1.165, 1.54) is 51.4 Å². The van der Waals surface area contributed by atoms with E-state index >= 15 is 0 Å². The second-order valence-corrected chi connectivity index (χ2v) is 11.5. The van der Waals surface area contributed by atoms with Gasteiger partial charge in [0, 0.05) is 12.8 Å². The summed E-state index contributed by atoms with van der Waals surface area (Å²) in [4.78, 5) is 0. The maximum Gasteiger partial charge on any atom is 0.162 e. The second-order valence-electron chi connectivity index (χ2n) is 11.5. The van der Waals surface area contributed by atoms with E-state index in [0.29, 0.717) is 0 Å². The molecule has 7 nitrogen and oxygen atoms in total. The van der Waals surface area contributed by atoms with Crippen molar-refractivity contribution in [1.82, 2.24) is 0 Å². The van der Waals surface area contributed by atoms with E-state index in [-0.39, 0.29) is 25.8 Å². The van der Waals surface area contributed by atoms with Gasteiger partial charge in [-0.3, -0.25) is 0 Å². The highest BCUT2D eigenvalue weighted by Crippen LogP contribution is 2.26. The topological polar surface area (TPSA) is 64.6 Å². The van der Waals surface area contributed by atoms with E-state index in [9.17, 15) is 0 Å². The number of unbranched alkanes of at least 4 members (excludes halogenated alkanes) is 12. The van der Waals surface area contributed by atoms with Crippen LogP contribution in [0, 0.1) is 0 Å². The van der Waals surface area contributed by atoms with Crippen molar-refractivity contribution in [3.05, 3.63) is 23.0 Å². The van der Waals surface area contributed by atoms with Crippen LogP contribution in [0.5, 0.6) is 0 Å². The Kier molecular flexibility index (Phi) is 29.6. The predicted molar refractivity (Wildman–Crippen MR) is 178 cm³/mol. The van der Waals surface area contributed by atoms with Gasteiger partial charge in [-0.25, -0.2) is 0 Å². The Morgan fingerprint density at radius 3 is 1.09 bits per heavy atom. The molecule has 256 valence electrons. The van der Waals surface area contributed by atoms with Crippen LogP contribution in [0.25, 0.3) is 0 Å². The molecule has 0 amide bonds. The van der Waals surface area contributed by atoms with Gasteiger partial charge >= 0.3 is 0 Å². The molecule has 0 rings (SSSR count). The Labute approximate surface area is 266 Å². The summed E-state index contributed by atoms with van der Waals surface area (Å²) in [7, 11) is 6.87. The summed E-state index contributed by atoms with van der Waals surface area (Å²) in [6, 6.07) is 0. The van der Waals surface area contributed by atoms with Crippen LogP contribution in [0.4, 0.5) is 0 Å². The number of allylic oxidation sites excluding steroid dienone is 2. The fourth-order valence-corrected chi connectivity index (χ4v) is 5.31. The molecule has 0 N–H and O–H groups in total. The molecule has 2 atom stereocenters. The van der Waals surface area contributed by atoms with Crippen molar-refractivity contribution in [3.8, 4) is 0 Å². The minimum absolute atomic E-state index is 0.112. The molecule has 43 heavy (non-hydrogen) atoms. The quantitative estimate of drug-likeness (QED) is 0.0424. The monoisotopic (exact) mass is 615 g/mol. The van der Waals surface area contributed by atoms with Crippen LogP contribution in [-0.4, -0.2) is 54.2 Å². The lowest BCUT2D eigenvalue weighted by molar-refractivity contribution is -0.166. The average molecular weight is 615 g/mol. The summed E-state index contributed by atoms with van der Waals surface area (Å²) in [5.41, 5.74) is 0. The van der Waals surface area contributed by atoms with Gasteiger partial charge in [-0.1, -0.05) is 118 Å². The van der Waals surface area contributed by atoms with Crippen molar-refractivity contribution < 1.29 is 33.2 Å². The van der Waals surface area contributed by atoms with Crippen LogP contribution in [0.15, 0.2) is 23.0 Å². The molecule has 0 fully saturated rings. The van der Waals surface area contributed by atoms with Gasteiger partial charge in [-0.15, -0.1) is 0 Å².